The number of carbonyl (C=O) groups excluding carboxylic acids is 2. The third-order valence-electron chi connectivity index (χ3n) is 6.84. The summed E-state index contributed by atoms with van der Waals surface area (Å²) in [6.07, 6.45) is 9.12. The zero-order chi connectivity index (χ0) is 27.4. The number of carbonyl (C=O) groups is 2. The summed E-state index contributed by atoms with van der Waals surface area (Å²) in [4.78, 5) is 43.1. The third-order valence-corrected chi connectivity index (χ3v) is 6.84. The van der Waals surface area contributed by atoms with E-state index in [1.54, 1.807) is 29.6 Å². The highest BCUT2D eigenvalue weighted by atomic mass is 16.2. The Morgan fingerprint density at radius 2 is 1.95 bits per heavy atom. The van der Waals surface area contributed by atoms with Crippen molar-refractivity contribution in [2.45, 2.75) is 52.0 Å². The number of nitrogens with one attached hydrogen (secondary N) is 3. The molecule has 4 aromatic heterocycles. The second-order valence-corrected chi connectivity index (χ2v) is 10.2. The molecule has 202 valence electrons. The van der Waals surface area contributed by atoms with Gasteiger partial charge in [0.1, 0.15) is 11.9 Å². The monoisotopic (exact) mass is 527 g/mol. The summed E-state index contributed by atoms with van der Waals surface area (Å²) < 4.78 is 0. The first-order chi connectivity index (χ1) is 18.9. The number of nitrogens with zero attached hydrogens (tertiary/aromatic N) is 6. The van der Waals surface area contributed by atoms with E-state index in [-0.39, 0.29) is 24.3 Å². The zero-order valence-electron chi connectivity index (χ0n) is 22.4. The molecule has 0 aromatic carbocycles. The molecule has 5 rings (SSSR count). The van der Waals surface area contributed by atoms with Gasteiger partial charge in [0.2, 0.25) is 5.91 Å². The van der Waals surface area contributed by atoms with E-state index < -0.39 is 6.04 Å². The predicted octanol–water partition coefficient (Wildman–Crippen LogP) is 3.37. The summed E-state index contributed by atoms with van der Waals surface area (Å²) in [7, 11) is 0. The van der Waals surface area contributed by atoms with Crippen LogP contribution in [0.3, 0.4) is 0 Å². The van der Waals surface area contributed by atoms with Crippen LogP contribution in [0.15, 0.2) is 49.1 Å². The van der Waals surface area contributed by atoms with Gasteiger partial charge in [-0.3, -0.25) is 29.8 Å². The lowest BCUT2D eigenvalue weighted by Gasteiger charge is -2.32. The highest BCUT2D eigenvalue weighted by molar-refractivity contribution is 6.02. The second kappa shape index (κ2) is 11.5. The van der Waals surface area contributed by atoms with E-state index in [0.717, 1.165) is 24.1 Å². The van der Waals surface area contributed by atoms with E-state index in [2.05, 4.69) is 40.7 Å². The van der Waals surface area contributed by atoms with Gasteiger partial charge in [0.15, 0.2) is 5.82 Å². The smallest absolute Gasteiger partial charge is 0.258 e. The summed E-state index contributed by atoms with van der Waals surface area (Å²) in [5.41, 5.74) is 3.09. The molecule has 1 aliphatic carbocycles. The molecule has 1 saturated carbocycles. The lowest BCUT2D eigenvalue weighted by atomic mass is 9.95. The third kappa shape index (κ3) is 6.02. The Morgan fingerprint density at radius 1 is 1.13 bits per heavy atom. The van der Waals surface area contributed by atoms with Crippen LogP contribution in [-0.4, -0.2) is 65.2 Å². The number of pyridine rings is 2. The molecular weight excluding hydrogens is 494 g/mol. The number of amides is 2. The van der Waals surface area contributed by atoms with Crippen LogP contribution >= 0.6 is 0 Å². The molecule has 11 heteroatoms. The van der Waals surface area contributed by atoms with Crippen LogP contribution < -0.4 is 5.32 Å². The molecule has 1 unspecified atom stereocenters. The van der Waals surface area contributed by atoms with Crippen molar-refractivity contribution in [2.24, 2.45) is 5.92 Å². The van der Waals surface area contributed by atoms with E-state index in [1.807, 2.05) is 39.0 Å². The van der Waals surface area contributed by atoms with Crippen LogP contribution in [0.25, 0.3) is 11.3 Å². The minimum absolute atomic E-state index is 0.0485. The number of rotatable bonds is 11. The molecule has 0 radical (unpaired) electrons. The van der Waals surface area contributed by atoms with Crippen LogP contribution in [0.4, 0.5) is 0 Å². The fourth-order valence-corrected chi connectivity index (χ4v) is 4.66. The molecule has 4 heterocycles. The first-order valence-electron chi connectivity index (χ1n) is 13.3. The number of hydrogen-bond acceptors (Lipinski definition) is 7. The molecule has 39 heavy (non-hydrogen) atoms. The summed E-state index contributed by atoms with van der Waals surface area (Å²) in [5.74, 6) is 1.22. The average Bonchev–Trinajstić information content (AvgIpc) is 3.48. The van der Waals surface area contributed by atoms with Gasteiger partial charge in [0.25, 0.3) is 5.91 Å². The Hall–Kier alpha value is -4.41. The Bertz CT molecular complexity index is 1430. The normalized spacial score (nSPS) is 13.8. The standard InChI is InChI=1S/C28H33N9O2/c1-17(2)24-21(7-5-12-30-24)26(27(38)31-14-19-8-9-19)37(13-10-23-33-18(3)34-35-23)28(39)22-16-32-36-25(22)20-6-4-11-29-15-20/h4-7,11-12,15-17,19,26H,8-10,13-14H2,1-3H3,(H,31,38)(H,32,36)(H,33,34,35). The second-order valence-electron chi connectivity index (χ2n) is 10.2. The first kappa shape index (κ1) is 26.2. The Labute approximate surface area is 226 Å². The van der Waals surface area contributed by atoms with Gasteiger partial charge in [-0.05, 0) is 49.8 Å². The van der Waals surface area contributed by atoms with Crippen molar-refractivity contribution < 1.29 is 9.59 Å². The molecule has 3 N–H and O–H groups in total. The SMILES string of the molecule is Cc1nc(CCN(C(=O)c2cn[nH]c2-c2cccnc2)C(C(=O)NCC2CC2)c2cccnc2C(C)C)n[nH]1. The number of hydrogen-bond donors (Lipinski definition) is 3. The molecule has 11 nitrogen and oxygen atoms in total. The van der Waals surface area contributed by atoms with Crippen molar-refractivity contribution in [3.63, 3.8) is 0 Å². The maximum atomic E-state index is 14.4. The van der Waals surface area contributed by atoms with Crippen LogP contribution in [0.2, 0.25) is 0 Å². The lowest BCUT2D eigenvalue weighted by Crippen LogP contribution is -2.45. The summed E-state index contributed by atoms with van der Waals surface area (Å²) in [6, 6.07) is 6.45. The fourth-order valence-electron chi connectivity index (χ4n) is 4.66. The van der Waals surface area contributed by atoms with Crippen molar-refractivity contribution in [1.29, 1.82) is 0 Å². The van der Waals surface area contributed by atoms with Gasteiger partial charge < -0.3 is 10.2 Å². The maximum absolute atomic E-state index is 14.4. The molecule has 1 fully saturated rings. The largest absolute Gasteiger partial charge is 0.354 e. The minimum Gasteiger partial charge on any atom is -0.354 e. The minimum atomic E-state index is -0.904. The van der Waals surface area contributed by atoms with Crippen LogP contribution in [0, 0.1) is 12.8 Å². The van der Waals surface area contributed by atoms with Crippen molar-refractivity contribution in [3.05, 3.63) is 77.5 Å². The average molecular weight is 528 g/mol. The van der Waals surface area contributed by atoms with Crippen molar-refractivity contribution >= 4 is 11.8 Å². The van der Waals surface area contributed by atoms with Gasteiger partial charge in [-0.15, -0.1) is 0 Å². The van der Waals surface area contributed by atoms with Crippen molar-refractivity contribution in [3.8, 4) is 11.3 Å². The lowest BCUT2D eigenvalue weighted by molar-refractivity contribution is -0.126. The topological polar surface area (TPSA) is 145 Å². The molecule has 0 bridgehead atoms. The van der Waals surface area contributed by atoms with Crippen molar-refractivity contribution in [1.82, 2.24) is 45.6 Å². The number of aromatic amines is 2. The predicted molar refractivity (Wildman–Crippen MR) is 144 cm³/mol. The molecule has 1 atom stereocenters. The number of aryl methyl sites for hydroxylation is 1. The van der Waals surface area contributed by atoms with E-state index in [0.29, 0.717) is 47.4 Å². The Balaban J connectivity index is 1.57. The Kier molecular flexibility index (Phi) is 7.76. The van der Waals surface area contributed by atoms with Gasteiger partial charge in [-0.25, -0.2) is 4.98 Å². The summed E-state index contributed by atoms with van der Waals surface area (Å²) >= 11 is 0. The van der Waals surface area contributed by atoms with Gasteiger partial charge in [-0.1, -0.05) is 19.9 Å². The summed E-state index contributed by atoms with van der Waals surface area (Å²) in [5, 5.41) is 17.3. The molecule has 0 saturated heterocycles. The Morgan fingerprint density at radius 3 is 2.64 bits per heavy atom. The van der Waals surface area contributed by atoms with Crippen LogP contribution in [0.5, 0.6) is 0 Å². The molecule has 0 spiro atoms. The van der Waals surface area contributed by atoms with Gasteiger partial charge in [0.05, 0.1) is 17.5 Å². The highest BCUT2D eigenvalue weighted by Gasteiger charge is 2.36. The van der Waals surface area contributed by atoms with E-state index in [1.165, 1.54) is 6.20 Å². The van der Waals surface area contributed by atoms with E-state index >= 15 is 0 Å². The van der Waals surface area contributed by atoms with Gasteiger partial charge in [0, 0.05) is 54.9 Å². The molecule has 4 aromatic rings. The quantitative estimate of drug-likeness (QED) is 0.271. The molecule has 1 aliphatic rings. The zero-order valence-corrected chi connectivity index (χ0v) is 22.4. The van der Waals surface area contributed by atoms with E-state index in [9.17, 15) is 9.59 Å². The molecule has 0 aliphatic heterocycles. The number of H-pyrrole nitrogens is 2. The molecule has 2 amide bonds. The van der Waals surface area contributed by atoms with Gasteiger partial charge >= 0.3 is 0 Å². The van der Waals surface area contributed by atoms with Crippen LogP contribution in [-0.2, 0) is 11.2 Å². The number of aromatic nitrogens is 7. The van der Waals surface area contributed by atoms with Crippen LogP contribution in [0.1, 0.15) is 71.9 Å². The molecular formula is C28H33N9O2. The highest BCUT2D eigenvalue weighted by Crippen LogP contribution is 2.32. The van der Waals surface area contributed by atoms with E-state index in [4.69, 9.17) is 0 Å². The summed E-state index contributed by atoms with van der Waals surface area (Å²) in [6.45, 7) is 6.68. The van der Waals surface area contributed by atoms with Gasteiger partial charge in [-0.2, -0.15) is 10.2 Å². The van der Waals surface area contributed by atoms with Crippen molar-refractivity contribution in [2.75, 3.05) is 13.1 Å². The fraction of sp³-hybridized carbons (Fsp3) is 0.393. The maximum Gasteiger partial charge on any atom is 0.258 e. The first-order valence-corrected chi connectivity index (χ1v) is 13.3.